The van der Waals surface area contributed by atoms with E-state index >= 15 is 0 Å². The SMILES string of the molecule is Cc1cc(F)c(C(=O)CC(=O)c2cn(C)nc2C)cc1F. The maximum absolute atomic E-state index is 13.7. The summed E-state index contributed by atoms with van der Waals surface area (Å²) in [7, 11) is 1.65. The van der Waals surface area contributed by atoms with Crippen molar-refractivity contribution in [2.75, 3.05) is 0 Å². The molecule has 0 aliphatic rings. The maximum Gasteiger partial charge on any atom is 0.174 e. The highest BCUT2D eigenvalue weighted by atomic mass is 19.1. The average molecular weight is 292 g/mol. The van der Waals surface area contributed by atoms with Gasteiger partial charge in [-0.2, -0.15) is 5.10 Å². The van der Waals surface area contributed by atoms with Crippen molar-refractivity contribution in [1.29, 1.82) is 0 Å². The van der Waals surface area contributed by atoms with Gasteiger partial charge in [0.15, 0.2) is 11.6 Å². The molecule has 0 N–H and O–H groups in total. The largest absolute Gasteiger partial charge is 0.294 e. The molecule has 2 rings (SSSR count). The molecule has 1 aromatic carbocycles. The van der Waals surface area contributed by atoms with Gasteiger partial charge in [0.05, 0.1) is 23.2 Å². The van der Waals surface area contributed by atoms with Gasteiger partial charge in [0, 0.05) is 13.2 Å². The Kier molecular flexibility index (Phi) is 3.97. The van der Waals surface area contributed by atoms with Crippen LogP contribution in [0.2, 0.25) is 0 Å². The monoisotopic (exact) mass is 292 g/mol. The molecule has 1 heterocycles. The quantitative estimate of drug-likeness (QED) is 0.643. The minimum atomic E-state index is -0.824. The van der Waals surface area contributed by atoms with E-state index in [1.807, 2.05) is 0 Å². The van der Waals surface area contributed by atoms with E-state index in [9.17, 15) is 18.4 Å². The molecule has 21 heavy (non-hydrogen) atoms. The molecule has 0 unspecified atom stereocenters. The minimum Gasteiger partial charge on any atom is -0.294 e. The van der Waals surface area contributed by atoms with E-state index < -0.39 is 35.2 Å². The Hall–Kier alpha value is -2.37. The summed E-state index contributed by atoms with van der Waals surface area (Å²) in [6.07, 6.45) is 0.975. The number of aryl methyl sites for hydroxylation is 3. The van der Waals surface area contributed by atoms with Crippen molar-refractivity contribution in [3.63, 3.8) is 0 Å². The fraction of sp³-hybridized carbons (Fsp3) is 0.267. The van der Waals surface area contributed by atoms with E-state index in [2.05, 4.69) is 5.10 Å². The number of hydrogen-bond donors (Lipinski definition) is 0. The van der Waals surface area contributed by atoms with E-state index in [0.717, 1.165) is 12.1 Å². The summed E-state index contributed by atoms with van der Waals surface area (Å²) >= 11 is 0. The molecule has 0 atom stereocenters. The lowest BCUT2D eigenvalue weighted by atomic mass is 10.0. The normalized spacial score (nSPS) is 10.7. The van der Waals surface area contributed by atoms with Crippen LogP contribution in [-0.2, 0) is 7.05 Å². The Bertz CT molecular complexity index is 736. The lowest BCUT2D eigenvalue weighted by Crippen LogP contribution is -2.11. The Morgan fingerprint density at radius 3 is 2.29 bits per heavy atom. The number of benzene rings is 1. The van der Waals surface area contributed by atoms with Gasteiger partial charge < -0.3 is 0 Å². The van der Waals surface area contributed by atoms with Gasteiger partial charge in [-0.1, -0.05) is 0 Å². The predicted molar refractivity (Wildman–Crippen MR) is 72.3 cm³/mol. The van der Waals surface area contributed by atoms with Crippen LogP contribution in [-0.4, -0.2) is 21.3 Å². The number of rotatable bonds is 4. The zero-order chi connectivity index (χ0) is 15.7. The number of ketones is 2. The highest BCUT2D eigenvalue weighted by Gasteiger charge is 2.20. The number of Topliss-reactive ketones (excluding diaryl/α,β-unsaturated/α-hetero) is 2. The summed E-state index contributed by atoms with van der Waals surface area (Å²) in [5, 5.41) is 4.01. The third-order valence-electron chi connectivity index (χ3n) is 3.18. The van der Waals surface area contributed by atoms with Crippen LogP contribution >= 0.6 is 0 Å². The summed E-state index contributed by atoms with van der Waals surface area (Å²) in [6.45, 7) is 3.04. The fourth-order valence-electron chi connectivity index (χ4n) is 2.07. The Morgan fingerprint density at radius 2 is 1.71 bits per heavy atom. The highest BCUT2D eigenvalue weighted by molar-refractivity contribution is 6.13. The van der Waals surface area contributed by atoms with Crippen molar-refractivity contribution < 1.29 is 18.4 Å². The van der Waals surface area contributed by atoms with Crippen molar-refractivity contribution in [3.05, 3.63) is 52.3 Å². The van der Waals surface area contributed by atoms with E-state index in [0.29, 0.717) is 11.3 Å². The van der Waals surface area contributed by atoms with Crippen molar-refractivity contribution in [2.24, 2.45) is 7.05 Å². The molecule has 0 fully saturated rings. The first-order chi connectivity index (χ1) is 9.79. The van der Waals surface area contributed by atoms with Gasteiger partial charge in [-0.05, 0) is 31.5 Å². The highest BCUT2D eigenvalue weighted by Crippen LogP contribution is 2.17. The third-order valence-corrected chi connectivity index (χ3v) is 3.18. The van der Waals surface area contributed by atoms with Crippen molar-refractivity contribution in [2.45, 2.75) is 20.3 Å². The van der Waals surface area contributed by atoms with Gasteiger partial charge in [0.1, 0.15) is 11.6 Å². The Morgan fingerprint density at radius 1 is 1.10 bits per heavy atom. The van der Waals surface area contributed by atoms with Gasteiger partial charge >= 0.3 is 0 Å². The molecule has 110 valence electrons. The van der Waals surface area contributed by atoms with Crippen molar-refractivity contribution in [3.8, 4) is 0 Å². The molecule has 0 amide bonds. The van der Waals surface area contributed by atoms with Crippen LogP contribution in [0.5, 0.6) is 0 Å². The fourth-order valence-corrected chi connectivity index (χ4v) is 2.07. The van der Waals surface area contributed by atoms with E-state index in [-0.39, 0.29) is 5.56 Å². The van der Waals surface area contributed by atoms with Gasteiger partial charge in [0.25, 0.3) is 0 Å². The number of carbonyl (C=O) groups excluding carboxylic acids is 2. The number of halogens is 2. The second-order valence-corrected chi connectivity index (χ2v) is 4.91. The molecule has 0 saturated carbocycles. The Labute approximate surface area is 120 Å². The average Bonchev–Trinajstić information content (AvgIpc) is 2.72. The summed E-state index contributed by atoms with van der Waals surface area (Å²) in [5.41, 5.74) is 0.496. The summed E-state index contributed by atoms with van der Waals surface area (Å²) in [6, 6.07) is 1.78. The molecule has 0 spiro atoms. The molecule has 2 aromatic rings. The molecule has 4 nitrogen and oxygen atoms in total. The predicted octanol–water partition coefficient (Wildman–Crippen LogP) is 2.77. The van der Waals surface area contributed by atoms with Crippen LogP contribution in [0.15, 0.2) is 18.3 Å². The van der Waals surface area contributed by atoms with Gasteiger partial charge in [0.2, 0.25) is 0 Å². The minimum absolute atomic E-state index is 0.110. The zero-order valence-electron chi connectivity index (χ0n) is 11.9. The number of hydrogen-bond acceptors (Lipinski definition) is 3. The van der Waals surface area contributed by atoms with Gasteiger partial charge in [-0.3, -0.25) is 14.3 Å². The molecule has 0 radical (unpaired) electrons. The lowest BCUT2D eigenvalue weighted by Gasteiger charge is -2.04. The van der Waals surface area contributed by atoms with E-state index in [4.69, 9.17) is 0 Å². The third kappa shape index (κ3) is 3.04. The molecular weight excluding hydrogens is 278 g/mol. The summed E-state index contributed by atoms with van der Waals surface area (Å²) in [5.74, 6) is -2.72. The van der Waals surface area contributed by atoms with Crippen LogP contribution in [0.3, 0.4) is 0 Å². The van der Waals surface area contributed by atoms with Crippen LogP contribution in [0.25, 0.3) is 0 Å². The molecule has 1 aromatic heterocycles. The van der Waals surface area contributed by atoms with Crippen LogP contribution < -0.4 is 0 Å². The summed E-state index contributed by atoms with van der Waals surface area (Å²) in [4.78, 5) is 24.0. The zero-order valence-corrected chi connectivity index (χ0v) is 11.9. The maximum atomic E-state index is 13.7. The molecule has 0 bridgehead atoms. The topological polar surface area (TPSA) is 52.0 Å². The first kappa shape index (κ1) is 15.0. The second-order valence-electron chi connectivity index (χ2n) is 4.91. The first-order valence-electron chi connectivity index (χ1n) is 6.32. The van der Waals surface area contributed by atoms with Crippen molar-refractivity contribution in [1.82, 2.24) is 9.78 Å². The molecule has 0 aliphatic carbocycles. The van der Waals surface area contributed by atoms with Gasteiger partial charge in [-0.25, -0.2) is 8.78 Å². The first-order valence-corrected chi connectivity index (χ1v) is 6.32. The van der Waals surface area contributed by atoms with E-state index in [1.165, 1.54) is 17.8 Å². The van der Waals surface area contributed by atoms with Gasteiger partial charge in [-0.15, -0.1) is 0 Å². The van der Waals surface area contributed by atoms with Crippen LogP contribution in [0.4, 0.5) is 8.78 Å². The molecule has 0 aliphatic heterocycles. The standard InChI is InChI=1S/C15H14F2N2O2/c1-8-4-13(17)10(5-12(8)16)14(20)6-15(21)11-7-19(3)18-9(11)2/h4-5,7H,6H2,1-3H3. The van der Waals surface area contributed by atoms with Crippen molar-refractivity contribution >= 4 is 11.6 Å². The van der Waals surface area contributed by atoms with E-state index in [1.54, 1.807) is 14.0 Å². The second kappa shape index (κ2) is 5.55. The number of carbonyl (C=O) groups is 2. The molecule has 6 heteroatoms. The number of nitrogens with zero attached hydrogens (tertiary/aromatic N) is 2. The van der Waals surface area contributed by atoms with Crippen LogP contribution in [0, 0.1) is 25.5 Å². The molecular formula is C15H14F2N2O2. The summed E-state index contributed by atoms with van der Waals surface area (Å²) < 4.78 is 28.6. The van der Waals surface area contributed by atoms with Crippen LogP contribution in [0.1, 0.15) is 38.4 Å². The number of aromatic nitrogens is 2. The Balaban J connectivity index is 2.24. The molecule has 0 saturated heterocycles. The lowest BCUT2D eigenvalue weighted by molar-refractivity contribution is 0.0891. The smallest absolute Gasteiger partial charge is 0.174 e.